The van der Waals surface area contributed by atoms with Crippen molar-refractivity contribution in [1.82, 2.24) is 4.90 Å². The van der Waals surface area contributed by atoms with Crippen molar-refractivity contribution in [3.05, 3.63) is 88.3 Å². The summed E-state index contributed by atoms with van der Waals surface area (Å²) in [7, 11) is 2.96. The molecule has 33 heavy (non-hydrogen) atoms. The van der Waals surface area contributed by atoms with Crippen molar-refractivity contribution in [2.75, 3.05) is 20.8 Å². The normalized spacial score (nSPS) is 17.4. The number of halogens is 1. The summed E-state index contributed by atoms with van der Waals surface area (Å²) in [6, 6.07) is 14.5. The molecule has 1 fully saturated rings. The summed E-state index contributed by atoms with van der Waals surface area (Å²) in [6.45, 7) is 0.244. The maximum absolute atomic E-state index is 13.1. The van der Waals surface area contributed by atoms with Gasteiger partial charge >= 0.3 is 0 Å². The number of furan rings is 1. The number of hydrogen-bond acceptors (Lipinski definition) is 6. The van der Waals surface area contributed by atoms with Crippen LogP contribution in [0.25, 0.3) is 5.76 Å². The molecular weight excluding hydrogens is 446 g/mol. The second-order valence-corrected chi connectivity index (χ2v) is 7.89. The first-order chi connectivity index (χ1) is 15.9. The number of Topliss-reactive ketones (excluding diaryl/α,β-unsaturated/α-hetero) is 1. The molecule has 170 valence electrons. The van der Waals surface area contributed by atoms with Crippen molar-refractivity contribution >= 4 is 29.1 Å². The molecule has 0 saturated carbocycles. The number of benzene rings is 2. The van der Waals surface area contributed by atoms with Crippen molar-refractivity contribution in [2.24, 2.45) is 0 Å². The lowest BCUT2D eigenvalue weighted by Crippen LogP contribution is -2.31. The van der Waals surface area contributed by atoms with Gasteiger partial charge in [-0.1, -0.05) is 23.7 Å². The molecule has 7 nitrogen and oxygen atoms in total. The molecule has 1 unspecified atom stereocenters. The third-order valence-electron chi connectivity index (χ3n) is 5.57. The van der Waals surface area contributed by atoms with Crippen LogP contribution >= 0.6 is 11.6 Å². The third-order valence-corrected chi connectivity index (χ3v) is 5.82. The summed E-state index contributed by atoms with van der Waals surface area (Å²) in [6.07, 6.45) is 1.95. The first-order valence-corrected chi connectivity index (χ1v) is 10.6. The van der Waals surface area contributed by atoms with Crippen molar-refractivity contribution in [2.45, 2.75) is 12.5 Å². The van der Waals surface area contributed by atoms with Crippen LogP contribution in [-0.4, -0.2) is 42.5 Å². The number of rotatable bonds is 7. The Morgan fingerprint density at radius 2 is 1.85 bits per heavy atom. The Bertz CT molecular complexity index is 1200. The number of ketones is 1. The molecule has 0 aliphatic carbocycles. The molecule has 8 heteroatoms. The second kappa shape index (κ2) is 9.42. The second-order valence-electron chi connectivity index (χ2n) is 7.45. The van der Waals surface area contributed by atoms with Gasteiger partial charge in [0.15, 0.2) is 0 Å². The molecule has 3 aromatic rings. The third kappa shape index (κ3) is 4.32. The average Bonchev–Trinajstić information content (AvgIpc) is 3.45. The fraction of sp³-hybridized carbons (Fsp3) is 0.200. The summed E-state index contributed by atoms with van der Waals surface area (Å²) in [5.41, 5.74) is 1.16. The minimum atomic E-state index is -0.876. The van der Waals surface area contributed by atoms with Crippen LogP contribution in [0.5, 0.6) is 11.5 Å². The first-order valence-electron chi connectivity index (χ1n) is 10.2. The van der Waals surface area contributed by atoms with E-state index < -0.39 is 17.7 Å². The maximum atomic E-state index is 13.1. The lowest BCUT2D eigenvalue weighted by Gasteiger charge is -2.23. The van der Waals surface area contributed by atoms with Crippen LogP contribution in [0.4, 0.5) is 0 Å². The van der Waals surface area contributed by atoms with Crippen LogP contribution < -0.4 is 9.47 Å². The van der Waals surface area contributed by atoms with Gasteiger partial charge in [0, 0.05) is 17.6 Å². The molecule has 1 atom stereocenters. The Hall–Kier alpha value is -3.71. The lowest BCUT2D eigenvalue weighted by atomic mass is 9.98. The molecule has 2 heterocycles. The Kier molecular flexibility index (Phi) is 6.42. The van der Waals surface area contributed by atoms with Crippen molar-refractivity contribution in [3.63, 3.8) is 0 Å². The van der Waals surface area contributed by atoms with Crippen molar-refractivity contribution in [3.8, 4) is 11.5 Å². The smallest absolute Gasteiger partial charge is 0.295 e. The molecule has 1 N–H and O–H groups in total. The minimum absolute atomic E-state index is 0.0606. The summed E-state index contributed by atoms with van der Waals surface area (Å²) in [5, 5.41) is 11.8. The molecule has 0 spiro atoms. The number of hydrogen-bond donors (Lipinski definition) is 1. The molecule has 1 aliphatic heterocycles. The van der Waals surface area contributed by atoms with Crippen LogP contribution in [0.1, 0.15) is 22.9 Å². The maximum Gasteiger partial charge on any atom is 0.295 e. The fourth-order valence-electron chi connectivity index (χ4n) is 3.89. The standard InChI is InChI=1S/C25H22ClNO6/c1-31-17-9-10-18(20(14-17)32-2)23(28)21-22(19-4-3-13-33-19)27(25(30)24(21)29)12-11-15-5-7-16(26)8-6-15/h3-10,13-14,22,28H,11-12H2,1-2H3/b23-21-. The zero-order valence-corrected chi connectivity index (χ0v) is 18.8. The van der Waals surface area contributed by atoms with Gasteiger partial charge in [0.2, 0.25) is 0 Å². The molecule has 0 radical (unpaired) electrons. The average molecular weight is 468 g/mol. The number of amides is 1. The Morgan fingerprint density at radius 1 is 1.09 bits per heavy atom. The minimum Gasteiger partial charge on any atom is -0.507 e. The van der Waals surface area contributed by atoms with Gasteiger partial charge in [-0.15, -0.1) is 0 Å². The van der Waals surface area contributed by atoms with E-state index in [2.05, 4.69) is 0 Å². The molecule has 1 aromatic heterocycles. The van der Waals surface area contributed by atoms with Gasteiger partial charge in [-0.25, -0.2) is 0 Å². The van der Waals surface area contributed by atoms with Gasteiger partial charge < -0.3 is 23.9 Å². The first kappa shape index (κ1) is 22.5. The highest BCUT2D eigenvalue weighted by Gasteiger charge is 2.47. The zero-order chi connectivity index (χ0) is 23.5. The summed E-state index contributed by atoms with van der Waals surface area (Å²) >= 11 is 5.95. The van der Waals surface area contributed by atoms with Crippen molar-refractivity contribution < 1.29 is 28.6 Å². The van der Waals surface area contributed by atoms with Crippen molar-refractivity contribution in [1.29, 1.82) is 0 Å². The predicted molar refractivity (Wildman–Crippen MR) is 122 cm³/mol. The van der Waals surface area contributed by atoms with E-state index in [-0.39, 0.29) is 23.4 Å². The van der Waals surface area contributed by atoms with Gasteiger partial charge in [0.1, 0.15) is 29.1 Å². The SMILES string of the molecule is COc1ccc(/C(O)=C2/C(=O)C(=O)N(CCc3ccc(Cl)cc3)C2c2ccco2)c(OC)c1. The van der Waals surface area contributed by atoms with Crippen LogP contribution in [0.3, 0.4) is 0 Å². The van der Waals surface area contributed by atoms with E-state index in [1.807, 2.05) is 12.1 Å². The van der Waals surface area contributed by atoms with E-state index in [4.69, 9.17) is 25.5 Å². The fourth-order valence-corrected chi connectivity index (χ4v) is 4.02. The monoisotopic (exact) mass is 467 g/mol. The number of ether oxygens (including phenoxy) is 2. The summed E-state index contributed by atoms with van der Waals surface area (Å²) in [4.78, 5) is 27.5. The zero-order valence-electron chi connectivity index (χ0n) is 18.1. The number of nitrogens with zero attached hydrogens (tertiary/aromatic N) is 1. The number of likely N-dealkylation sites (tertiary alicyclic amines) is 1. The molecule has 1 saturated heterocycles. The molecule has 2 aromatic carbocycles. The van der Waals surface area contributed by atoms with Gasteiger partial charge in [-0.3, -0.25) is 9.59 Å². The summed E-state index contributed by atoms with van der Waals surface area (Å²) in [5.74, 6) is -0.642. The number of methoxy groups -OCH3 is 2. The largest absolute Gasteiger partial charge is 0.507 e. The molecule has 4 rings (SSSR count). The van der Waals surface area contributed by atoms with E-state index in [1.165, 1.54) is 25.4 Å². The Morgan fingerprint density at radius 3 is 2.48 bits per heavy atom. The lowest BCUT2D eigenvalue weighted by molar-refractivity contribution is -0.140. The molecule has 1 aliphatic rings. The van der Waals surface area contributed by atoms with Crippen LogP contribution in [-0.2, 0) is 16.0 Å². The van der Waals surface area contributed by atoms with Crippen LogP contribution in [0.2, 0.25) is 5.02 Å². The van der Waals surface area contributed by atoms with Gasteiger partial charge in [0.25, 0.3) is 11.7 Å². The van der Waals surface area contributed by atoms with Crippen LogP contribution in [0.15, 0.2) is 70.9 Å². The predicted octanol–water partition coefficient (Wildman–Crippen LogP) is 4.61. The highest BCUT2D eigenvalue weighted by Crippen LogP contribution is 2.41. The van der Waals surface area contributed by atoms with Gasteiger partial charge in [0.05, 0.1) is 31.6 Å². The van der Waals surface area contributed by atoms with E-state index in [9.17, 15) is 14.7 Å². The van der Waals surface area contributed by atoms with Crippen LogP contribution in [0, 0.1) is 0 Å². The van der Waals surface area contributed by atoms with Gasteiger partial charge in [-0.2, -0.15) is 0 Å². The van der Waals surface area contributed by atoms with E-state index >= 15 is 0 Å². The number of carbonyl (C=O) groups is 2. The number of aliphatic hydroxyl groups excluding tert-OH is 1. The van der Waals surface area contributed by atoms with Gasteiger partial charge in [-0.05, 0) is 48.4 Å². The summed E-state index contributed by atoms with van der Waals surface area (Å²) < 4.78 is 16.1. The Labute approximate surface area is 195 Å². The topological polar surface area (TPSA) is 89.2 Å². The highest BCUT2D eigenvalue weighted by atomic mass is 35.5. The molecule has 1 amide bonds. The Balaban J connectivity index is 1.76. The van der Waals surface area contributed by atoms with E-state index in [0.717, 1.165) is 5.56 Å². The van der Waals surface area contributed by atoms with E-state index in [0.29, 0.717) is 28.7 Å². The quantitative estimate of drug-likeness (QED) is 0.310. The number of aliphatic hydroxyl groups is 1. The van der Waals surface area contributed by atoms with E-state index in [1.54, 1.807) is 42.5 Å². The highest BCUT2D eigenvalue weighted by molar-refractivity contribution is 6.46. The molecule has 0 bridgehead atoms. The number of carbonyl (C=O) groups excluding carboxylic acids is 2. The molecular formula is C25H22ClNO6.